The minimum Gasteiger partial charge on any atom is -0.378 e. The molecule has 7 nitrogen and oxygen atoms in total. The number of carbonyl (C=O) groups excluding carboxylic acids is 1. The van der Waals surface area contributed by atoms with Crippen molar-refractivity contribution in [3.8, 4) is 0 Å². The SMILES string of the molecule is CCCCO[C@@H]1C[C@@H]2C[C@H](C1)[C@@H]2NC(=O)c1ncn2c(COC)cc(C)nc12. The molecule has 28 heavy (non-hydrogen) atoms. The average Bonchev–Trinajstić information content (AvgIpc) is 3.10. The van der Waals surface area contributed by atoms with Gasteiger partial charge >= 0.3 is 0 Å². The lowest BCUT2D eigenvalue weighted by atomic mass is 9.60. The molecular formula is C21H30N4O3. The molecule has 0 spiro atoms. The molecule has 3 aliphatic rings. The second-order valence-electron chi connectivity index (χ2n) is 8.18. The number of hydrogen-bond donors (Lipinski definition) is 1. The lowest BCUT2D eigenvalue weighted by Crippen LogP contribution is -2.59. The van der Waals surface area contributed by atoms with Crippen molar-refractivity contribution in [2.75, 3.05) is 13.7 Å². The van der Waals surface area contributed by atoms with E-state index in [4.69, 9.17) is 9.47 Å². The molecule has 0 aromatic carbocycles. The van der Waals surface area contributed by atoms with Crippen LogP contribution in [-0.2, 0) is 16.1 Å². The Morgan fingerprint density at radius 1 is 1.32 bits per heavy atom. The first-order valence-corrected chi connectivity index (χ1v) is 10.4. The number of amides is 1. The Bertz CT molecular complexity index is 838. The first-order valence-electron chi connectivity index (χ1n) is 10.4. The number of carbonyl (C=O) groups is 1. The van der Waals surface area contributed by atoms with Crippen molar-refractivity contribution in [2.24, 2.45) is 11.8 Å². The number of imidazole rings is 1. The van der Waals surface area contributed by atoms with Crippen molar-refractivity contribution in [3.63, 3.8) is 0 Å². The fraction of sp³-hybridized carbons (Fsp3) is 0.667. The van der Waals surface area contributed by atoms with Crippen molar-refractivity contribution in [3.05, 3.63) is 29.5 Å². The Labute approximate surface area is 165 Å². The number of aryl methyl sites for hydroxylation is 1. The number of aromatic nitrogens is 3. The Morgan fingerprint density at radius 3 is 2.82 bits per heavy atom. The molecule has 2 aromatic rings. The summed E-state index contributed by atoms with van der Waals surface area (Å²) in [5, 5.41) is 3.23. The molecule has 2 heterocycles. The number of hydrogen-bond acceptors (Lipinski definition) is 5. The highest BCUT2D eigenvalue weighted by atomic mass is 16.5. The zero-order valence-corrected chi connectivity index (χ0v) is 17.0. The van der Waals surface area contributed by atoms with E-state index in [9.17, 15) is 4.79 Å². The van der Waals surface area contributed by atoms with Crippen molar-refractivity contribution in [1.82, 2.24) is 19.7 Å². The molecule has 0 unspecified atom stereocenters. The van der Waals surface area contributed by atoms with Crippen molar-refractivity contribution >= 4 is 11.6 Å². The molecule has 3 fully saturated rings. The monoisotopic (exact) mass is 386 g/mol. The third-order valence-corrected chi connectivity index (χ3v) is 6.12. The molecule has 2 bridgehead atoms. The smallest absolute Gasteiger partial charge is 0.274 e. The number of nitrogens with zero attached hydrogens (tertiary/aromatic N) is 3. The Kier molecular flexibility index (Phi) is 5.64. The van der Waals surface area contributed by atoms with Crippen LogP contribution < -0.4 is 5.32 Å². The number of fused-ring (bicyclic) bond motifs is 3. The number of rotatable bonds is 8. The van der Waals surface area contributed by atoms with Crippen LogP contribution in [0, 0.1) is 18.8 Å². The molecule has 7 heteroatoms. The number of methoxy groups -OCH3 is 1. The summed E-state index contributed by atoms with van der Waals surface area (Å²) in [4.78, 5) is 21.8. The third kappa shape index (κ3) is 3.65. The Balaban J connectivity index is 1.43. The summed E-state index contributed by atoms with van der Waals surface area (Å²) in [5.41, 5.74) is 2.77. The maximum atomic E-state index is 12.9. The first-order chi connectivity index (χ1) is 13.6. The highest BCUT2D eigenvalue weighted by molar-refractivity contribution is 5.98. The van der Waals surface area contributed by atoms with Gasteiger partial charge in [0.05, 0.1) is 18.4 Å². The summed E-state index contributed by atoms with van der Waals surface area (Å²) in [6.07, 6.45) is 7.59. The van der Waals surface area contributed by atoms with E-state index in [0.717, 1.165) is 43.7 Å². The fourth-order valence-corrected chi connectivity index (χ4v) is 4.70. The standard InChI is InChI=1S/C21H30N4O3/c1-4-5-6-28-17-9-14-8-15(10-17)18(14)24-21(26)19-20-23-13(2)7-16(11-27-3)25(20)12-22-19/h7,12,14-15,17-18H,4-6,8-11H2,1-3H3,(H,24,26)/t14-,15+,17+,18+. The van der Waals surface area contributed by atoms with Crippen LogP contribution in [0.4, 0.5) is 0 Å². The highest BCUT2D eigenvalue weighted by Gasteiger charge is 2.48. The summed E-state index contributed by atoms with van der Waals surface area (Å²) >= 11 is 0. The van der Waals surface area contributed by atoms with Gasteiger partial charge in [0.1, 0.15) is 6.33 Å². The predicted molar refractivity (Wildman–Crippen MR) is 105 cm³/mol. The number of ether oxygens (including phenoxy) is 2. The van der Waals surface area contributed by atoms with E-state index in [1.807, 2.05) is 17.4 Å². The third-order valence-electron chi connectivity index (χ3n) is 6.12. The summed E-state index contributed by atoms with van der Waals surface area (Å²) in [5.74, 6) is 0.901. The van der Waals surface area contributed by atoms with E-state index in [0.29, 0.717) is 35.9 Å². The maximum Gasteiger partial charge on any atom is 0.274 e. The summed E-state index contributed by atoms with van der Waals surface area (Å²) in [7, 11) is 1.65. The number of unbranched alkanes of at least 4 members (excludes halogenated alkanes) is 1. The van der Waals surface area contributed by atoms with Crippen LogP contribution >= 0.6 is 0 Å². The van der Waals surface area contributed by atoms with Crippen LogP contribution in [-0.4, -0.2) is 46.1 Å². The van der Waals surface area contributed by atoms with Gasteiger partial charge in [-0.2, -0.15) is 0 Å². The molecule has 0 saturated heterocycles. The predicted octanol–water partition coefficient (Wildman–Crippen LogP) is 2.90. The van der Waals surface area contributed by atoms with Crippen LogP contribution in [0.2, 0.25) is 0 Å². The van der Waals surface area contributed by atoms with Gasteiger partial charge in [0, 0.05) is 25.5 Å². The summed E-state index contributed by atoms with van der Waals surface area (Å²) < 4.78 is 13.1. The molecule has 4 atom stereocenters. The van der Waals surface area contributed by atoms with Crippen LogP contribution in [0.15, 0.2) is 12.4 Å². The fourth-order valence-electron chi connectivity index (χ4n) is 4.70. The molecule has 2 aromatic heterocycles. The second-order valence-corrected chi connectivity index (χ2v) is 8.18. The van der Waals surface area contributed by atoms with Gasteiger partial charge in [-0.1, -0.05) is 13.3 Å². The molecule has 3 aliphatic carbocycles. The molecular weight excluding hydrogens is 356 g/mol. The molecule has 152 valence electrons. The van der Waals surface area contributed by atoms with Gasteiger partial charge < -0.3 is 14.8 Å². The molecule has 3 saturated carbocycles. The summed E-state index contributed by atoms with van der Waals surface area (Å²) in [6.45, 7) is 5.40. The maximum absolute atomic E-state index is 12.9. The van der Waals surface area contributed by atoms with Crippen LogP contribution in [0.25, 0.3) is 5.65 Å². The van der Waals surface area contributed by atoms with Crippen LogP contribution in [0.3, 0.4) is 0 Å². The van der Waals surface area contributed by atoms with Gasteiger partial charge in [-0.15, -0.1) is 0 Å². The molecule has 5 rings (SSSR count). The van der Waals surface area contributed by atoms with Crippen molar-refractivity contribution in [1.29, 1.82) is 0 Å². The van der Waals surface area contributed by atoms with Gasteiger partial charge in [-0.05, 0) is 50.5 Å². The zero-order valence-electron chi connectivity index (χ0n) is 17.0. The lowest BCUT2D eigenvalue weighted by Gasteiger charge is -2.52. The zero-order chi connectivity index (χ0) is 19.7. The summed E-state index contributed by atoms with van der Waals surface area (Å²) in [6, 6.07) is 2.19. The van der Waals surface area contributed by atoms with Crippen molar-refractivity contribution < 1.29 is 14.3 Å². The van der Waals surface area contributed by atoms with E-state index in [1.165, 1.54) is 6.42 Å². The first kappa shape index (κ1) is 19.3. The lowest BCUT2D eigenvalue weighted by molar-refractivity contribution is -0.0694. The second kappa shape index (κ2) is 8.17. The van der Waals surface area contributed by atoms with Crippen LogP contribution in [0.5, 0.6) is 0 Å². The van der Waals surface area contributed by atoms with Gasteiger partial charge in [-0.25, -0.2) is 9.97 Å². The molecule has 0 radical (unpaired) electrons. The largest absolute Gasteiger partial charge is 0.378 e. The van der Waals surface area contributed by atoms with Gasteiger partial charge in [0.15, 0.2) is 11.3 Å². The molecule has 1 N–H and O–H groups in total. The average molecular weight is 386 g/mol. The van der Waals surface area contributed by atoms with E-state index in [2.05, 4.69) is 22.2 Å². The normalized spacial score (nSPS) is 26.2. The highest BCUT2D eigenvalue weighted by Crippen LogP contribution is 2.46. The van der Waals surface area contributed by atoms with Crippen molar-refractivity contribution in [2.45, 2.75) is 64.7 Å². The van der Waals surface area contributed by atoms with E-state index >= 15 is 0 Å². The number of nitrogens with one attached hydrogen (secondary N) is 1. The quantitative estimate of drug-likeness (QED) is 0.706. The van der Waals surface area contributed by atoms with Gasteiger partial charge in [-0.3, -0.25) is 9.20 Å². The minimum atomic E-state index is -0.131. The Morgan fingerprint density at radius 2 is 2.11 bits per heavy atom. The topological polar surface area (TPSA) is 77.8 Å². The van der Waals surface area contributed by atoms with Crippen LogP contribution in [0.1, 0.15) is 60.9 Å². The van der Waals surface area contributed by atoms with E-state index < -0.39 is 0 Å². The van der Waals surface area contributed by atoms with E-state index in [1.54, 1.807) is 13.4 Å². The Hall–Kier alpha value is -1.99. The van der Waals surface area contributed by atoms with Gasteiger partial charge in [0.25, 0.3) is 5.91 Å². The van der Waals surface area contributed by atoms with E-state index in [-0.39, 0.29) is 11.9 Å². The molecule has 1 amide bonds. The minimum absolute atomic E-state index is 0.131. The van der Waals surface area contributed by atoms with Gasteiger partial charge in [0.2, 0.25) is 0 Å². The molecule has 0 aliphatic heterocycles.